The standard InChI is InChI=1S/C25H21N5O3S/c1-32-18-7-8-20-19(12-18)24(31)23-25(29-20)30(15-27-23)28-13-16-6-9-21(33-2)17(11-16)14-34-22-5-3-4-10-26-22/h3-13,15H,14H2,1-2H3,(H,29,31). The summed E-state index contributed by atoms with van der Waals surface area (Å²) >= 11 is 1.64. The Kier molecular flexibility index (Phi) is 6.01. The minimum atomic E-state index is -0.171. The summed E-state index contributed by atoms with van der Waals surface area (Å²) in [6.07, 6.45) is 5.03. The SMILES string of the molecule is COc1ccc2[nH]c3c(ncn3N=Cc3ccc(OC)c(CSc4ccccn4)c3)c(=O)c2c1. The van der Waals surface area contributed by atoms with E-state index in [4.69, 9.17) is 9.47 Å². The Bertz CT molecular complexity index is 1560. The predicted molar refractivity (Wildman–Crippen MR) is 134 cm³/mol. The molecule has 0 spiro atoms. The maximum absolute atomic E-state index is 12.9. The van der Waals surface area contributed by atoms with Crippen LogP contribution in [0.1, 0.15) is 11.1 Å². The van der Waals surface area contributed by atoms with Crippen molar-refractivity contribution in [3.8, 4) is 11.5 Å². The molecular formula is C25H21N5O3S. The number of rotatable bonds is 7. The van der Waals surface area contributed by atoms with E-state index in [1.807, 2.05) is 42.5 Å². The van der Waals surface area contributed by atoms with Crippen LogP contribution in [0.2, 0.25) is 0 Å². The number of aromatic nitrogens is 4. The zero-order valence-electron chi connectivity index (χ0n) is 18.6. The number of methoxy groups -OCH3 is 2. The van der Waals surface area contributed by atoms with Gasteiger partial charge in [0, 0.05) is 17.5 Å². The number of aromatic amines is 1. The summed E-state index contributed by atoms with van der Waals surface area (Å²) in [5, 5.41) is 6.00. The molecule has 34 heavy (non-hydrogen) atoms. The highest BCUT2D eigenvalue weighted by Gasteiger charge is 2.11. The maximum Gasteiger partial charge on any atom is 0.217 e. The molecule has 0 bridgehead atoms. The fourth-order valence-corrected chi connectivity index (χ4v) is 4.46. The molecule has 8 nitrogen and oxygen atoms in total. The van der Waals surface area contributed by atoms with Gasteiger partial charge in [-0.3, -0.25) is 4.79 Å². The highest BCUT2D eigenvalue weighted by atomic mass is 32.2. The topological polar surface area (TPSA) is 94.4 Å². The van der Waals surface area contributed by atoms with Crippen molar-refractivity contribution in [2.24, 2.45) is 5.10 Å². The van der Waals surface area contributed by atoms with Crippen LogP contribution in [0.4, 0.5) is 0 Å². The van der Waals surface area contributed by atoms with Crippen LogP contribution in [0.3, 0.4) is 0 Å². The van der Waals surface area contributed by atoms with E-state index in [1.54, 1.807) is 55.2 Å². The van der Waals surface area contributed by atoms with Crippen LogP contribution in [0, 0.1) is 0 Å². The van der Waals surface area contributed by atoms with E-state index >= 15 is 0 Å². The van der Waals surface area contributed by atoms with Gasteiger partial charge in [0.15, 0.2) is 11.2 Å². The molecule has 5 aromatic rings. The third kappa shape index (κ3) is 4.25. The molecule has 0 unspecified atom stereocenters. The number of pyridine rings is 2. The summed E-state index contributed by atoms with van der Waals surface area (Å²) in [6, 6.07) is 17.0. The van der Waals surface area contributed by atoms with Gasteiger partial charge in [-0.05, 0) is 54.1 Å². The first-order valence-corrected chi connectivity index (χ1v) is 11.5. The summed E-state index contributed by atoms with van der Waals surface area (Å²) in [5.74, 6) is 2.13. The fraction of sp³-hybridized carbons (Fsp3) is 0.120. The lowest BCUT2D eigenvalue weighted by atomic mass is 10.1. The number of nitrogens with zero attached hydrogens (tertiary/aromatic N) is 4. The van der Waals surface area contributed by atoms with E-state index in [-0.39, 0.29) is 5.43 Å². The molecule has 1 N–H and O–H groups in total. The number of hydrogen-bond donors (Lipinski definition) is 1. The first-order chi connectivity index (χ1) is 16.7. The Hall–Kier alpha value is -4.11. The molecule has 3 heterocycles. The lowest BCUT2D eigenvalue weighted by Crippen LogP contribution is -2.05. The molecule has 0 saturated heterocycles. The summed E-state index contributed by atoms with van der Waals surface area (Å²) in [6.45, 7) is 0. The molecule has 0 aliphatic heterocycles. The van der Waals surface area contributed by atoms with Crippen molar-refractivity contribution in [2.45, 2.75) is 10.8 Å². The van der Waals surface area contributed by atoms with Gasteiger partial charge >= 0.3 is 0 Å². The molecule has 0 amide bonds. The first-order valence-electron chi connectivity index (χ1n) is 10.5. The fourth-order valence-electron chi connectivity index (χ4n) is 3.62. The second-order valence-corrected chi connectivity index (χ2v) is 8.42. The summed E-state index contributed by atoms with van der Waals surface area (Å²) in [4.78, 5) is 24.8. The van der Waals surface area contributed by atoms with E-state index in [0.29, 0.717) is 33.6 Å². The molecule has 9 heteroatoms. The summed E-state index contributed by atoms with van der Waals surface area (Å²) < 4.78 is 12.3. The van der Waals surface area contributed by atoms with Crippen molar-refractivity contribution in [3.05, 3.63) is 88.5 Å². The van der Waals surface area contributed by atoms with Crippen LogP contribution in [0.15, 0.2) is 82.0 Å². The molecule has 3 aromatic heterocycles. The van der Waals surface area contributed by atoms with Crippen LogP contribution in [0.25, 0.3) is 22.1 Å². The third-order valence-electron chi connectivity index (χ3n) is 5.34. The van der Waals surface area contributed by atoms with Gasteiger partial charge in [-0.1, -0.05) is 6.07 Å². The molecule has 170 valence electrons. The van der Waals surface area contributed by atoms with Gasteiger partial charge in [0.1, 0.15) is 17.8 Å². The van der Waals surface area contributed by atoms with Crippen LogP contribution in [-0.2, 0) is 5.75 Å². The van der Waals surface area contributed by atoms with Crippen LogP contribution < -0.4 is 14.9 Å². The highest BCUT2D eigenvalue weighted by molar-refractivity contribution is 7.98. The average Bonchev–Trinajstić information content (AvgIpc) is 3.29. The Labute approximate surface area is 199 Å². The van der Waals surface area contributed by atoms with Gasteiger partial charge in [0.05, 0.1) is 36.4 Å². The van der Waals surface area contributed by atoms with Crippen molar-refractivity contribution in [3.63, 3.8) is 0 Å². The monoisotopic (exact) mass is 471 g/mol. The molecule has 0 fully saturated rings. The average molecular weight is 472 g/mol. The van der Waals surface area contributed by atoms with Crippen LogP contribution in [0.5, 0.6) is 11.5 Å². The number of benzene rings is 2. The Morgan fingerprint density at radius 2 is 2.00 bits per heavy atom. The quantitative estimate of drug-likeness (QED) is 0.278. The van der Waals surface area contributed by atoms with Crippen LogP contribution >= 0.6 is 11.8 Å². The number of hydrogen-bond acceptors (Lipinski definition) is 7. The van der Waals surface area contributed by atoms with E-state index in [9.17, 15) is 4.79 Å². The summed E-state index contributed by atoms with van der Waals surface area (Å²) in [7, 11) is 3.23. The van der Waals surface area contributed by atoms with Crippen LogP contribution in [-0.4, -0.2) is 40.1 Å². The first kappa shape index (κ1) is 21.7. The van der Waals surface area contributed by atoms with E-state index in [1.165, 1.54) is 6.33 Å². The molecule has 0 radical (unpaired) electrons. The molecule has 0 aliphatic carbocycles. The van der Waals surface area contributed by atoms with Crippen molar-refractivity contribution in [2.75, 3.05) is 14.2 Å². The second-order valence-electron chi connectivity index (χ2n) is 7.42. The molecular weight excluding hydrogens is 450 g/mol. The van der Waals surface area contributed by atoms with Crippen molar-refractivity contribution in [1.29, 1.82) is 0 Å². The largest absolute Gasteiger partial charge is 0.497 e. The van der Waals surface area contributed by atoms with Crippen molar-refractivity contribution >= 4 is 40.0 Å². The number of fused-ring (bicyclic) bond motifs is 2. The minimum Gasteiger partial charge on any atom is -0.497 e. The zero-order chi connectivity index (χ0) is 23.5. The lowest BCUT2D eigenvalue weighted by molar-refractivity contribution is 0.411. The highest BCUT2D eigenvalue weighted by Crippen LogP contribution is 2.27. The smallest absolute Gasteiger partial charge is 0.217 e. The molecule has 0 saturated carbocycles. The van der Waals surface area contributed by atoms with Gasteiger partial charge in [0.25, 0.3) is 0 Å². The number of ether oxygens (including phenoxy) is 2. The molecule has 2 aromatic carbocycles. The van der Waals surface area contributed by atoms with Gasteiger partial charge < -0.3 is 14.5 Å². The molecule has 0 atom stereocenters. The third-order valence-corrected chi connectivity index (χ3v) is 6.33. The summed E-state index contributed by atoms with van der Waals surface area (Å²) in [5.41, 5.74) is 3.29. The Balaban J connectivity index is 1.45. The number of imidazole rings is 1. The van der Waals surface area contributed by atoms with Gasteiger partial charge in [-0.2, -0.15) is 5.10 Å². The molecule has 5 rings (SSSR count). The molecule has 0 aliphatic rings. The normalized spacial score (nSPS) is 11.5. The van der Waals surface area contributed by atoms with E-state index < -0.39 is 0 Å². The Morgan fingerprint density at radius 1 is 1.09 bits per heavy atom. The van der Waals surface area contributed by atoms with E-state index in [2.05, 4.69) is 20.1 Å². The van der Waals surface area contributed by atoms with Gasteiger partial charge in [-0.25, -0.2) is 14.6 Å². The number of H-pyrrole nitrogens is 1. The number of nitrogens with one attached hydrogen (secondary N) is 1. The maximum atomic E-state index is 12.9. The minimum absolute atomic E-state index is 0.171. The zero-order valence-corrected chi connectivity index (χ0v) is 19.4. The van der Waals surface area contributed by atoms with Crippen molar-refractivity contribution in [1.82, 2.24) is 19.6 Å². The Morgan fingerprint density at radius 3 is 2.79 bits per heavy atom. The van der Waals surface area contributed by atoms with Crippen molar-refractivity contribution < 1.29 is 9.47 Å². The van der Waals surface area contributed by atoms with Gasteiger partial charge in [-0.15, -0.1) is 11.8 Å². The second kappa shape index (κ2) is 9.40. The van der Waals surface area contributed by atoms with Gasteiger partial charge in [0.2, 0.25) is 5.43 Å². The van der Waals surface area contributed by atoms with E-state index in [0.717, 1.165) is 21.9 Å². The lowest BCUT2D eigenvalue weighted by Gasteiger charge is -2.09. The predicted octanol–water partition coefficient (Wildman–Crippen LogP) is 4.46. The number of thioether (sulfide) groups is 1.